The van der Waals surface area contributed by atoms with Crippen LogP contribution >= 0.6 is 27.3 Å². The largest absolute Gasteiger partial charge is 0.379 e. The molecule has 0 amide bonds. The summed E-state index contributed by atoms with van der Waals surface area (Å²) in [6.45, 7) is 0.830. The molecule has 0 radical (unpaired) electrons. The first-order valence-corrected chi connectivity index (χ1v) is 7.25. The van der Waals surface area contributed by atoms with Gasteiger partial charge in [0.05, 0.1) is 21.2 Å². The summed E-state index contributed by atoms with van der Waals surface area (Å²) in [5.41, 5.74) is 2.08. The molecule has 18 heavy (non-hydrogen) atoms. The Kier molecular flexibility index (Phi) is 3.30. The second-order valence-corrected chi connectivity index (χ2v) is 6.52. The summed E-state index contributed by atoms with van der Waals surface area (Å²) in [6.07, 6.45) is 1.88. The molecule has 0 atom stereocenters. The van der Waals surface area contributed by atoms with Crippen molar-refractivity contribution in [3.05, 3.63) is 57.3 Å². The molecule has 0 saturated carbocycles. The van der Waals surface area contributed by atoms with Crippen molar-refractivity contribution >= 4 is 43.9 Å². The van der Waals surface area contributed by atoms with E-state index < -0.39 is 0 Å². The van der Waals surface area contributed by atoms with Gasteiger partial charge in [-0.2, -0.15) is 0 Å². The fourth-order valence-electron chi connectivity index (χ4n) is 1.80. The van der Waals surface area contributed by atoms with E-state index >= 15 is 0 Å². The first kappa shape index (κ1) is 11.7. The van der Waals surface area contributed by atoms with Crippen molar-refractivity contribution in [3.8, 4) is 0 Å². The number of benzene rings is 1. The minimum absolute atomic E-state index is 0.830. The Labute approximate surface area is 118 Å². The fraction of sp³-hybridized carbons (Fsp3) is 0.0714. The number of aromatic nitrogens is 1. The van der Waals surface area contributed by atoms with Crippen molar-refractivity contribution in [2.24, 2.45) is 0 Å². The lowest BCUT2D eigenvalue weighted by Crippen LogP contribution is -1.97. The molecule has 4 heteroatoms. The Hall–Kier alpha value is -1.39. The standard InChI is InChI=1S/C14H11BrN2S/c15-14-6-5-12(18-14)9-16-11-7-10-3-1-2-4-13(10)17-8-11/h1-8,16H,9H2. The van der Waals surface area contributed by atoms with Crippen LogP contribution in [0.1, 0.15) is 4.88 Å². The third kappa shape index (κ3) is 2.54. The zero-order chi connectivity index (χ0) is 12.4. The molecule has 3 rings (SSSR count). The smallest absolute Gasteiger partial charge is 0.0703 e. The molecule has 0 aliphatic heterocycles. The molecule has 1 aromatic carbocycles. The van der Waals surface area contributed by atoms with E-state index in [0.29, 0.717) is 0 Å². The molecule has 0 unspecified atom stereocenters. The lowest BCUT2D eigenvalue weighted by Gasteiger charge is -2.05. The SMILES string of the molecule is Brc1ccc(CNc2cnc3ccccc3c2)s1. The Bertz CT molecular complexity index is 678. The van der Waals surface area contributed by atoms with Gasteiger partial charge in [-0.15, -0.1) is 11.3 Å². The van der Waals surface area contributed by atoms with Crippen molar-refractivity contribution < 1.29 is 0 Å². The normalized spacial score (nSPS) is 10.7. The van der Waals surface area contributed by atoms with E-state index in [9.17, 15) is 0 Å². The van der Waals surface area contributed by atoms with Crippen LogP contribution in [0, 0.1) is 0 Å². The monoisotopic (exact) mass is 318 g/mol. The van der Waals surface area contributed by atoms with Gasteiger partial charge in [-0.3, -0.25) is 4.98 Å². The van der Waals surface area contributed by atoms with E-state index in [2.05, 4.69) is 50.5 Å². The average Bonchev–Trinajstić information content (AvgIpc) is 2.82. The Morgan fingerprint density at radius 2 is 2.06 bits per heavy atom. The van der Waals surface area contributed by atoms with Gasteiger partial charge in [0.25, 0.3) is 0 Å². The molecule has 0 bridgehead atoms. The number of nitrogens with one attached hydrogen (secondary N) is 1. The van der Waals surface area contributed by atoms with E-state index in [1.54, 1.807) is 11.3 Å². The van der Waals surface area contributed by atoms with Crippen molar-refractivity contribution in [3.63, 3.8) is 0 Å². The van der Waals surface area contributed by atoms with Crippen LogP contribution in [-0.2, 0) is 6.54 Å². The second-order valence-electron chi connectivity index (χ2n) is 3.98. The highest BCUT2D eigenvalue weighted by molar-refractivity contribution is 9.11. The van der Waals surface area contributed by atoms with Gasteiger partial charge >= 0.3 is 0 Å². The molecule has 0 spiro atoms. The van der Waals surface area contributed by atoms with Crippen LogP contribution in [0.4, 0.5) is 5.69 Å². The summed E-state index contributed by atoms with van der Waals surface area (Å²) in [4.78, 5) is 5.73. The number of pyridine rings is 1. The molecule has 0 fully saturated rings. The highest BCUT2D eigenvalue weighted by Gasteiger charge is 1.99. The number of anilines is 1. The van der Waals surface area contributed by atoms with Crippen LogP contribution in [0.5, 0.6) is 0 Å². The number of nitrogens with zero attached hydrogens (tertiary/aromatic N) is 1. The predicted molar refractivity (Wildman–Crippen MR) is 81.1 cm³/mol. The van der Waals surface area contributed by atoms with Crippen molar-refractivity contribution in [1.82, 2.24) is 4.98 Å². The van der Waals surface area contributed by atoms with Crippen molar-refractivity contribution in [1.29, 1.82) is 0 Å². The number of fused-ring (bicyclic) bond motifs is 1. The Balaban J connectivity index is 1.78. The van der Waals surface area contributed by atoms with Gasteiger partial charge in [-0.25, -0.2) is 0 Å². The number of rotatable bonds is 3. The van der Waals surface area contributed by atoms with Crippen LogP contribution in [-0.4, -0.2) is 4.98 Å². The summed E-state index contributed by atoms with van der Waals surface area (Å²) < 4.78 is 1.16. The van der Waals surface area contributed by atoms with Gasteiger partial charge in [0.1, 0.15) is 0 Å². The van der Waals surface area contributed by atoms with E-state index in [4.69, 9.17) is 0 Å². The molecular formula is C14H11BrN2S. The minimum Gasteiger partial charge on any atom is -0.379 e. The lowest BCUT2D eigenvalue weighted by atomic mass is 10.2. The van der Waals surface area contributed by atoms with Crippen molar-refractivity contribution in [2.75, 3.05) is 5.32 Å². The molecule has 2 heterocycles. The van der Waals surface area contributed by atoms with Crippen molar-refractivity contribution in [2.45, 2.75) is 6.54 Å². The van der Waals surface area contributed by atoms with Crippen LogP contribution in [0.2, 0.25) is 0 Å². The molecule has 90 valence electrons. The molecule has 1 N–H and O–H groups in total. The fourth-order valence-corrected chi connectivity index (χ4v) is 3.23. The lowest BCUT2D eigenvalue weighted by molar-refractivity contribution is 1.18. The molecule has 3 aromatic rings. The summed E-state index contributed by atoms with van der Waals surface area (Å²) in [7, 11) is 0. The maximum absolute atomic E-state index is 4.43. The van der Waals surface area contributed by atoms with Crippen LogP contribution in [0.3, 0.4) is 0 Å². The number of thiophene rings is 1. The molecule has 0 aliphatic carbocycles. The third-order valence-electron chi connectivity index (χ3n) is 2.69. The predicted octanol–water partition coefficient (Wildman–Crippen LogP) is 4.67. The highest BCUT2D eigenvalue weighted by Crippen LogP contribution is 2.23. The molecule has 2 nitrogen and oxygen atoms in total. The summed E-state index contributed by atoms with van der Waals surface area (Å²) in [5, 5.41) is 4.56. The van der Waals surface area contributed by atoms with Crippen LogP contribution < -0.4 is 5.32 Å². The van der Waals surface area contributed by atoms with E-state index in [-0.39, 0.29) is 0 Å². The Morgan fingerprint density at radius 3 is 2.89 bits per heavy atom. The second kappa shape index (κ2) is 5.08. The molecule has 0 saturated heterocycles. The number of hydrogen-bond acceptors (Lipinski definition) is 3. The first-order chi connectivity index (χ1) is 8.81. The highest BCUT2D eigenvalue weighted by atomic mass is 79.9. The topological polar surface area (TPSA) is 24.9 Å². The van der Waals surface area contributed by atoms with Gasteiger partial charge in [0.15, 0.2) is 0 Å². The van der Waals surface area contributed by atoms with Gasteiger partial charge in [0.2, 0.25) is 0 Å². The number of halogens is 1. The average molecular weight is 319 g/mol. The number of para-hydroxylation sites is 1. The van der Waals surface area contributed by atoms with Gasteiger partial charge < -0.3 is 5.32 Å². The van der Waals surface area contributed by atoms with Gasteiger partial charge in [0, 0.05) is 16.8 Å². The van der Waals surface area contributed by atoms with Gasteiger partial charge in [-0.05, 0) is 40.2 Å². The number of hydrogen-bond donors (Lipinski definition) is 1. The summed E-state index contributed by atoms with van der Waals surface area (Å²) in [5.74, 6) is 0. The van der Waals surface area contributed by atoms with E-state index in [1.807, 2.05) is 24.4 Å². The molecular weight excluding hydrogens is 308 g/mol. The summed E-state index contributed by atoms with van der Waals surface area (Å²) >= 11 is 5.21. The van der Waals surface area contributed by atoms with Crippen LogP contribution in [0.25, 0.3) is 10.9 Å². The third-order valence-corrected chi connectivity index (χ3v) is 4.31. The molecule has 0 aliphatic rings. The van der Waals surface area contributed by atoms with Gasteiger partial charge in [-0.1, -0.05) is 18.2 Å². The minimum atomic E-state index is 0.830. The summed E-state index contributed by atoms with van der Waals surface area (Å²) in [6, 6.07) is 14.5. The zero-order valence-electron chi connectivity index (χ0n) is 9.56. The first-order valence-electron chi connectivity index (χ1n) is 5.64. The maximum Gasteiger partial charge on any atom is 0.0703 e. The van der Waals surface area contributed by atoms with E-state index in [0.717, 1.165) is 26.9 Å². The zero-order valence-corrected chi connectivity index (χ0v) is 12.0. The maximum atomic E-state index is 4.43. The van der Waals surface area contributed by atoms with E-state index in [1.165, 1.54) is 4.88 Å². The van der Waals surface area contributed by atoms with Crippen LogP contribution in [0.15, 0.2) is 52.4 Å². The quantitative estimate of drug-likeness (QED) is 0.759. The molecule has 2 aromatic heterocycles. The Morgan fingerprint density at radius 1 is 1.17 bits per heavy atom.